The molecule has 170 valence electrons. The van der Waals surface area contributed by atoms with Crippen molar-refractivity contribution in [2.24, 2.45) is 0 Å². The fourth-order valence-corrected chi connectivity index (χ4v) is 12.2. The first-order chi connectivity index (χ1) is 17.6. The van der Waals surface area contributed by atoms with Gasteiger partial charge in [-0.05, 0) is 47.2 Å². The lowest BCUT2D eigenvalue weighted by Gasteiger charge is -1.93. The Morgan fingerprint density at radius 3 is 1.06 bits per heavy atom. The lowest BCUT2D eigenvalue weighted by atomic mass is 10.1. The first-order valence-electron chi connectivity index (χ1n) is 10.9. The number of hydrogen-bond donors (Lipinski definition) is 0. The lowest BCUT2D eigenvalue weighted by Crippen LogP contribution is -1.92. The fraction of sp³-hybridized carbons (Fsp3) is 0. The average Bonchev–Trinajstić information content (AvgIpc) is 3.71. The largest absolute Gasteiger partial charge is 0.288 e. The van der Waals surface area contributed by atoms with E-state index in [9.17, 15) is 14.4 Å². The highest BCUT2D eigenvalue weighted by Gasteiger charge is 2.36. The average molecular weight is 573 g/mol. The quantitative estimate of drug-likeness (QED) is 0.208. The minimum atomic E-state index is 0.0615. The molecule has 0 amide bonds. The maximum absolute atomic E-state index is 13.3. The Bertz CT molecular complexity index is 1870. The molecule has 3 aliphatic carbocycles. The summed E-state index contributed by atoms with van der Waals surface area (Å²) in [6.07, 6.45) is 0. The summed E-state index contributed by atoms with van der Waals surface area (Å²) in [6.45, 7) is 0. The van der Waals surface area contributed by atoms with Gasteiger partial charge in [-0.2, -0.15) is 0 Å². The van der Waals surface area contributed by atoms with Gasteiger partial charge in [0.15, 0.2) is 17.3 Å². The summed E-state index contributed by atoms with van der Waals surface area (Å²) in [5, 5.41) is 3.94. The predicted octanol–water partition coefficient (Wildman–Crippen LogP) is 9.02. The van der Waals surface area contributed by atoms with E-state index >= 15 is 0 Å². The molecule has 36 heavy (non-hydrogen) atoms. The minimum Gasteiger partial charge on any atom is -0.288 e. The summed E-state index contributed by atoms with van der Waals surface area (Å²) in [4.78, 5) is 49.2. The van der Waals surface area contributed by atoms with E-state index in [0.717, 1.165) is 82.2 Å². The third kappa shape index (κ3) is 2.39. The van der Waals surface area contributed by atoms with Crippen molar-refractivity contribution in [2.45, 2.75) is 0 Å². The third-order valence-electron chi connectivity index (χ3n) is 6.83. The Kier molecular flexibility index (Phi) is 3.80. The molecule has 3 nitrogen and oxygen atoms in total. The van der Waals surface area contributed by atoms with Gasteiger partial charge in [0.05, 0.1) is 29.3 Å². The molecule has 0 unspecified atom stereocenters. The van der Waals surface area contributed by atoms with Crippen LogP contribution >= 0.6 is 68.0 Å². The van der Waals surface area contributed by atoms with E-state index in [-0.39, 0.29) is 17.3 Å². The molecule has 9 heteroatoms. The fourth-order valence-electron chi connectivity index (χ4n) is 5.16. The molecule has 9 rings (SSSR count). The Morgan fingerprint density at radius 2 is 0.694 bits per heavy atom. The van der Waals surface area contributed by atoms with Crippen molar-refractivity contribution in [3.05, 3.63) is 80.5 Å². The molecular weight excluding hydrogens is 565 g/mol. The second kappa shape index (κ2) is 6.74. The number of carbonyl (C=O) groups excluding carboxylic acids is 3. The summed E-state index contributed by atoms with van der Waals surface area (Å²) < 4.78 is 0. The van der Waals surface area contributed by atoms with Crippen molar-refractivity contribution in [3.63, 3.8) is 0 Å². The number of hydrogen-bond acceptors (Lipinski definition) is 9. The van der Waals surface area contributed by atoms with Crippen LogP contribution in [0, 0.1) is 0 Å². The number of carbonyl (C=O) groups is 3. The van der Waals surface area contributed by atoms with Crippen LogP contribution in [0.5, 0.6) is 0 Å². The molecule has 0 atom stereocenters. The van der Waals surface area contributed by atoms with Gasteiger partial charge in [0.25, 0.3) is 0 Å². The molecule has 0 radical (unpaired) electrons. The first kappa shape index (κ1) is 20.3. The summed E-state index contributed by atoms with van der Waals surface area (Å²) in [6, 6.07) is 11.8. The molecule has 6 heterocycles. The van der Waals surface area contributed by atoms with E-state index in [4.69, 9.17) is 0 Å². The highest BCUT2D eigenvalue weighted by atomic mass is 32.1. The molecule has 6 aromatic rings. The number of fused-ring (bicyclic) bond motifs is 9. The molecule has 0 fully saturated rings. The van der Waals surface area contributed by atoms with Gasteiger partial charge in [0, 0.05) is 52.9 Å². The van der Waals surface area contributed by atoms with Gasteiger partial charge < -0.3 is 0 Å². The van der Waals surface area contributed by atoms with Crippen molar-refractivity contribution < 1.29 is 14.4 Å². The molecule has 0 bridgehead atoms. The van der Waals surface area contributed by atoms with E-state index in [2.05, 4.69) is 0 Å². The van der Waals surface area contributed by atoms with E-state index in [1.807, 2.05) is 47.2 Å². The minimum absolute atomic E-state index is 0.0615. The summed E-state index contributed by atoms with van der Waals surface area (Å²) in [5.74, 6) is 0.265. The maximum Gasteiger partial charge on any atom is 0.196 e. The molecule has 0 spiro atoms. The van der Waals surface area contributed by atoms with Crippen molar-refractivity contribution >= 4 is 85.4 Å². The van der Waals surface area contributed by atoms with Crippen LogP contribution < -0.4 is 0 Å². The summed E-state index contributed by atoms with van der Waals surface area (Å²) >= 11 is 9.76. The molecule has 0 N–H and O–H groups in total. The van der Waals surface area contributed by atoms with Crippen molar-refractivity contribution in [1.29, 1.82) is 0 Å². The van der Waals surface area contributed by atoms with Gasteiger partial charge in [0.2, 0.25) is 0 Å². The first-order valence-corrected chi connectivity index (χ1v) is 16.0. The second-order valence-electron chi connectivity index (χ2n) is 8.73. The van der Waals surface area contributed by atoms with Gasteiger partial charge in [-0.1, -0.05) is 0 Å². The molecule has 0 saturated carbocycles. The van der Waals surface area contributed by atoms with Crippen LogP contribution in [0.3, 0.4) is 0 Å². The van der Waals surface area contributed by atoms with Crippen LogP contribution in [0.25, 0.3) is 48.8 Å². The van der Waals surface area contributed by atoms with Crippen molar-refractivity contribution in [2.75, 3.05) is 0 Å². The Labute approximate surface area is 227 Å². The van der Waals surface area contributed by atoms with E-state index < -0.39 is 0 Å². The van der Waals surface area contributed by atoms with E-state index in [0.29, 0.717) is 0 Å². The molecule has 0 aromatic carbocycles. The highest BCUT2D eigenvalue weighted by Crippen LogP contribution is 2.55. The maximum atomic E-state index is 13.3. The number of thiophene rings is 6. The summed E-state index contributed by atoms with van der Waals surface area (Å²) in [7, 11) is 0. The third-order valence-corrected chi connectivity index (χ3v) is 14.1. The molecular formula is C27H8O3S6. The van der Waals surface area contributed by atoms with Crippen LogP contribution in [0.4, 0.5) is 0 Å². The zero-order valence-corrected chi connectivity index (χ0v) is 22.7. The van der Waals surface area contributed by atoms with Gasteiger partial charge >= 0.3 is 0 Å². The molecule has 0 aliphatic heterocycles. The van der Waals surface area contributed by atoms with Gasteiger partial charge in [-0.15, -0.1) is 68.0 Å². The SMILES string of the molecule is O=C1c2ccsc2-c2sc(-c3cc4c(s3)-c3sc(-c5cc6c(s5)-c5sccc5C6=O)cc3C4=O)cc21. The standard InChI is InChI=1S/C27H8O3S6/c28-19-9-1-3-31-22(9)24-11(19)5-15(33-24)17-7-13-21(30)14-8-18(36-27(14)26(13)35-17)16-6-12-20(29)10-2-4-32-23(10)25(12)34-16/h1-8H. The normalized spacial score (nSPS) is 14.3. The molecule has 6 aromatic heterocycles. The smallest absolute Gasteiger partial charge is 0.196 e. The van der Waals surface area contributed by atoms with Crippen LogP contribution in [0.1, 0.15) is 47.8 Å². The van der Waals surface area contributed by atoms with E-state index in [1.54, 1.807) is 68.0 Å². The topological polar surface area (TPSA) is 51.2 Å². The van der Waals surface area contributed by atoms with Gasteiger partial charge in [0.1, 0.15) is 0 Å². The van der Waals surface area contributed by atoms with Gasteiger partial charge in [-0.25, -0.2) is 0 Å². The summed E-state index contributed by atoms with van der Waals surface area (Å²) in [5.41, 5.74) is 4.70. The van der Waals surface area contributed by atoms with Crippen molar-refractivity contribution in [3.8, 4) is 48.8 Å². The van der Waals surface area contributed by atoms with Crippen molar-refractivity contribution in [1.82, 2.24) is 0 Å². The number of ketones is 3. The predicted molar refractivity (Wildman–Crippen MR) is 151 cm³/mol. The monoisotopic (exact) mass is 572 g/mol. The zero-order chi connectivity index (χ0) is 23.9. The molecule has 3 aliphatic rings. The van der Waals surface area contributed by atoms with Crippen LogP contribution in [0.2, 0.25) is 0 Å². The zero-order valence-electron chi connectivity index (χ0n) is 17.8. The highest BCUT2D eigenvalue weighted by molar-refractivity contribution is 7.31. The van der Waals surface area contributed by atoms with Gasteiger partial charge in [-0.3, -0.25) is 14.4 Å². The number of rotatable bonds is 2. The Hall–Kier alpha value is -2.79. The lowest BCUT2D eigenvalue weighted by molar-refractivity contribution is 0.103. The molecule has 0 saturated heterocycles. The van der Waals surface area contributed by atoms with Crippen LogP contribution in [0.15, 0.2) is 47.2 Å². The van der Waals surface area contributed by atoms with Crippen LogP contribution in [-0.4, -0.2) is 17.3 Å². The van der Waals surface area contributed by atoms with E-state index in [1.165, 1.54) is 0 Å². The van der Waals surface area contributed by atoms with Crippen LogP contribution in [-0.2, 0) is 0 Å². The second-order valence-corrected chi connectivity index (χ2v) is 14.8. The Morgan fingerprint density at radius 1 is 0.389 bits per heavy atom. The Balaban J connectivity index is 1.12.